The van der Waals surface area contributed by atoms with Crippen molar-refractivity contribution in [2.45, 2.75) is 45.8 Å². The number of hydrogen-bond donors (Lipinski definition) is 3. The summed E-state index contributed by atoms with van der Waals surface area (Å²) >= 11 is 0. The minimum atomic E-state index is -1.78. The van der Waals surface area contributed by atoms with E-state index >= 15 is 0 Å². The number of unbranched alkanes of at least 4 members (excludes halogenated alkanes) is 1. The van der Waals surface area contributed by atoms with Crippen LogP contribution in [0.5, 0.6) is 0 Å². The number of carboxylic acids is 1. The Morgan fingerprint density at radius 1 is 1.38 bits per heavy atom. The first-order valence-electron chi connectivity index (χ1n) is 4.60. The largest absolute Gasteiger partial charge is 0.481 e. The molecular formula is C9H18O4. The van der Waals surface area contributed by atoms with E-state index in [9.17, 15) is 4.79 Å². The Morgan fingerprint density at radius 3 is 2.15 bits per heavy atom. The van der Waals surface area contributed by atoms with Crippen molar-refractivity contribution in [1.29, 1.82) is 0 Å². The first-order valence-corrected chi connectivity index (χ1v) is 4.60. The predicted molar refractivity (Wildman–Crippen MR) is 48.1 cm³/mol. The summed E-state index contributed by atoms with van der Waals surface area (Å²) in [6.07, 6.45) is 0.313. The molecule has 0 rings (SSSR count). The summed E-state index contributed by atoms with van der Waals surface area (Å²) in [6.45, 7) is 3.59. The van der Waals surface area contributed by atoms with Gasteiger partial charge in [-0.15, -0.1) is 0 Å². The second kappa shape index (κ2) is 5.19. The quantitative estimate of drug-likeness (QED) is 0.545. The summed E-state index contributed by atoms with van der Waals surface area (Å²) in [7, 11) is 0. The van der Waals surface area contributed by atoms with Crippen LogP contribution in [0.1, 0.15) is 39.5 Å². The molecule has 0 amide bonds. The van der Waals surface area contributed by atoms with Crippen LogP contribution in [0.25, 0.3) is 0 Å². The van der Waals surface area contributed by atoms with Gasteiger partial charge in [0.25, 0.3) is 0 Å². The van der Waals surface area contributed by atoms with Gasteiger partial charge in [-0.1, -0.05) is 26.7 Å². The third-order valence-electron chi connectivity index (χ3n) is 2.53. The molecule has 78 valence electrons. The maximum absolute atomic E-state index is 10.9. The van der Waals surface area contributed by atoms with Gasteiger partial charge in [-0.3, -0.25) is 4.79 Å². The van der Waals surface area contributed by atoms with E-state index in [1.165, 1.54) is 0 Å². The van der Waals surface area contributed by atoms with Gasteiger partial charge < -0.3 is 15.3 Å². The lowest BCUT2D eigenvalue weighted by atomic mass is 9.79. The molecule has 0 radical (unpaired) electrons. The van der Waals surface area contributed by atoms with Gasteiger partial charge in [0.05, 0.1) is 0 Å². The zero-order valence-electron chi connectivity index (χ0n) is 8.16. The van der Waals surface area contributed by atoms with Gasteiger partial charge in [0, 0.05) is 0 Å². The Hall–Kier alpha value is -0.610. The molecule has 0 aromatic heterocycles. The van der Waals surface area contributed by atoms with Crippen LogP contribution in [0.3, 0.4) is 0 Å². The second-order valence-corrected chi connectivity index (χ2v) is 3.29. The monoisotopic (exact) mass is 190 g/mol. The van der Waals surface area contributed by atoms with Crippen LogP contribution in [-0.2, 0) is 4.79 Å². The van der Waals surface area contributed by atoms with Gasteiger partial charge in [0.2, 0.25) is 0 Å². The van der Waals surface area contributed by atoms with Gasteiger partial charge in [0.1, 0.15) is 5.41 Å². The molecule has 0 saturated heterocycles. The molecule has 0 aliphatic heterocycles. The van der Waals surface area contributed by atoms with Crippen molar-refractivity contribution in [2.75, 3.05) is 0 Å². The number of aliphatic hydroxyl groups is 2. The normalized spacial score (nSPS) is 15.8. The average molecular weight is 190 g/mol. The van der Waals surface area contributed by atoms with Crippen LogP contribution in [0, 0.1) is 5.41 Å². The Kier molecular flexibility index (Phi) is 4.95. The predicted octanol–water partition coefficient (Wildman–Crippen LogP) is 0.968. The van der Waals surface area contributed by atoms with Crippen LogP contribution in [0.2, 0.25) is 0 Å². The van der Waals surface area contributed by atoms with E-state index in [1.54, 1.807) is 6.92 Å². The average Bonchev–Trinajstić information content (AvgIpc) is 2.05. The van der Waals surface area contributed by atoms with Gasteiger partial charge in [-0.25, -0.2) is 0 Å². The lowest BCUT2D eigenvalue weighted by Crippen LogP contribution is -2.42. The van der Waals surface area contributed by atoms with Crippen molar-refractivity contribution in [3.8, 4) is 0 Å². The highest BCUT2D eigenvalue weighted by Gasteiger charge is 2.42. The summed E-state index contributed by atoms with van der Waals surface area (Å²) in [4.78, 5) is 10.9. The standard InChI is InChI=1S/C9H18O4/c1-3-5-6-9(4-2,7(10)11)8(12)13/h7,10-11H,3-6H2,1-2H3,(H,12,13). The van der Waals surface area contributed by atoms with Crippen LogP contribution in [0.4, 0.5) is 0 Å². The van der Waals surface area contributed by atoms with Gasteiger partial charge in [-0.05, 0) is 12.8 Å². The van der Waals surface area contributed by atoms with Crippen molar-refractivity contribution in [3.05, 3.63) is 0 Å². The third kappa shape index (κ3) is 2.67. The number of aliphatic hydroxyl groups excluding tert-OH is 1. The van der Waals surface area contributed by atoms with E-state index in [1.807, 2.05) is 6.92 Å². The van der Waals surface area contributed by atoms with Gasteiger partial charge in [0.15, 0.2) is 6.29 Å². The second-order valence-electron chi connectivity index (χ2n) is 3.29. The van der Waals surface area contributed by atoms with E-state index in [2.05, 4.69) is 0 Å². The molecule has 4 heteroatoms. The van der Waals surface area contributed by atoms with Crippen LogP contribution in [0.15, 0.2) is 0 Å². The van der Waals surface area contributed by atoms with E-state index in [0.717, 1.165) is 6.42 Å². The first kappa shape index (κ1) is 12.4. The third-order valence-corrected chi connectivity index (χ3v) is 2.53. The number of carbonyl (C=O) groups is 1. The lowest BCUT2D eigenvalue weighted by Gasteiger charge is -2.29. The highest BCUT2D eigenvalue weighted by Crippen LogP contribution is 2.32. The van der Waals surface area contributed by atoms with E-state index in [-0.39, 0.29) is 6.42 Å². The molecule has 0 bridgehead atoms. The first-order chi connectivity index (χ1) is 6.01. The molecule has 1 unspecified atom stereocenters. The van der Waals surface area contributed by atoms with Gasteiger partial charge >= 0.3 is 5.97 Å². The maximum Gasteiger partial charge on any atom is 0.314 e. The summed E-state index contributed by atoms with van der Waals surface area (Å²) in [5, 5.41) is 27.0. The molecule has 0 aromatic rings. The highest BCUT2D eigenvalue weighted by atomic mass is 16.5. The lowest BCUT2D eigenvalue weighted by molar-refractivity contribution is -0.183. The van der Waals surface area contributed by atoms with Crippen LogP contribution in [-0.4, -0.2) is 27.6 Å². The number of hydrogen-bond acceptors (Lipinski definition) is 3. The maximum atomic E-state index is 10.9. The molecule has 13 heavy (non-hydrogen) atoms. The topological polar surface area (TPSA) is 77.8 Å². The minimum absolute atomic E-state index is 0.236. The Bertz CT molecular complexity index is 167. The fourth-order valence-corrected chi connectivity index (χ4v) is 1.35. The molecule has 0 aliphatic carbocycles. The summed E-state index contributed by atoms with van der Waals surface area (Å²) in [5.74, 6) is -1.13. The van der Waals surface area contributed by atoms with Crippen molar-refractivity contribution >= 4 is 5.97 Å². The van der Waals surface area contributed by atoms with E-state index in [4.69, 9.17) is 15.3 Å². The van der Waals surface area contributed by atoms with Crippen LogP contribution >= 0.6 is 0 Å². The highest BCUT2D eigenvalue weighted by molar-refractivity contribution is 5.75. The van der Waals surface area contributed by atoms with Crippen molar-refractivity contribution in [3.63, 3.8) is 0 Å². The molecule has 0 fully saturated rings. The molecule has 0 spiro atoms. The molecule has 0 heterocycles. The van der Waals surface area contributed by atoms with Crippen molar-refractivity contribution < 1.29 is 20.1 Å². The summed E-state index contributed by atoms with van der Waals surface area (Å²) < 4.78 is 0. The Balaban J connectivity index is 4.55. The summed E-state index contributed by atoms with van der Waals surface area (Å²) in [5.41, 5.74) is -1.38. The zero-order chi connectivity index (χ0) is 10.5. The number of aliphatic carboxylic acids is 1. The molecule has 4 nitrogen and oxygen atoms in total. The zero-order valence-corrected chi connectivity index (χ0v) is 8.16. The minimum Gasteiger partial charge on any atom is -0.481 e. The fourth-order valence-electron chi connectivity index (χ4n) is 1.35. The van der Waals surface area contributed by atoms with Gasteiger partial charge in [-0.2, -0.15) is 0 Å². The van der Waals surface area contributed by atoms with Crippen molar-refractivity contribution in [1.82, 2.24) is 0 Å². The smallest absolute Gasteiger partial charge is 0.314 e. The molecular weight excluding hydrogens is 172 g/mol. The molecule has 0 saturated carbocycles. The molecule has 3 N–H and O–H groups in total. The van der Waals surface area contributed by atoms with Crippen LogP contribution < -0.4 is 0 Å². The van der Waals surface area contributed by atoms with Crippen molar-refractivity contribution in [2.24, 2.45) is 5.41 Å². The fraction of sp³-hybridized carbons (Fsp3) is 0.889. The summed E-state index contributed by atoms with van der Waals surface area (Å²) in [6, 6.07) is 0. The molecule has 0 aromatic carbocycles. The van der Waals surface area contributed by atoms with E-state index < -0.39 is 17.7 Å². The SMILES string of the molecule is CCCCC(CC)(C(=O)O)C(O)O. The molecule has 1 atom stereocenters. The number of carboxylic acid groups (broad SMARTS) is 1. The Morgan fingerprint density at radius 2 is 1.92 bits per heavy atom. The van der Waals surface area contributed by atoms with E-state index in [0.29, 0.717) is 12.8 Å². The Labute approximate surface area is 78.2 Å². The molecule has 0 aliphatic rings. The number of rotatable bonds is 6.